The number of hydrogen-bond donors (Lipinski definition) is 2. The molecule has 1 atom stereocenters. The van der Waals surface area contributed by atoms with Gasteiger partial charge in [-0.3, -0.25) is 4.79 Å². The summed E-state index contributed by atoms with van der Waals surface area (Å²) in [5.41, 5.74) is 12.8. The van der Waals surface area contributed by atoms with Crippen LogP contribution >= 0.6 is 0 Å². The van der Waals surface area contributed by atoms with Gasteiger partial charge in [-0.1, -0.05) is 37.6 Å². The first-order valence-electron chi connectivity index (χ1n) is 17.0. The first-order chi connectivity index (χ1) is 22.4. The van der Waals surface area contributed by atoms with Gasteiger partial charge in [-0.15, -0.1) is 0 Å². The molecule has 3 heterocycles. The molecule has 9 heteroatoms. The Morgan fingerprint density at radius 2 is 1.83 bits per heavy atom. The van der Waals surface area contributed by atoms with E-state index in [0.717, 1.165) is 79.9 Å². The Kier molecular flexibility index (Phi) is 9.70. The van der Waals surface area contributed by atoms with Crippen molar-refractivity contribution in [1.29, 1.82) is 0 Å². The standard InChI is InChI=1S/C37H50N6O3/c1-24(25(2)45-4)42-19-15-26(16-20-42)30-12-10-11-27-22-32(43(34(27)30)29-13-14-29)36-40-31-21-28(23-33(46-5)35(31)41(36)3)37(44)39-18-9-7-6-8-17-38/h10-12,21-23,25-26,29H,1,6-9,13-20,38H2,2-5H3,(H,39,44). The van der Waals surface area contributed by atoms with Crippen molar-refractivity contribution in [2.24, 2.45) is 12.8 Å². The monoisotopic (exact) mass is 626 g/mol. The second kappa shape index (κ2) is 13.9. The van der Waals surface area contributed by atoms with Gasteiger partial charge in [0.05, 0.1) is 29.9 Å². The number of rotatable bonds is 14. The van der Waals surface area contributed by atoms with Crippen molar-refractivity contribution in [1.82, 2.24) is 24.3 Å². The molecule has 2 aliphatic rings. The van der Waals surface area contributed by atoms with E-state index < -0.39 is 0 Å². The summed E-state index contributed by atoms with van der Waals surface area (Å²) < 4.78 is 16.1. The molecule has 246 valence electrons. The largest absolute Gasteiger partial charge is 0.494 e. The second-order valence-corrected chi connectivity index (χ2v) is 13.0. The number of amides is 1. The van der Waals surface area contributed by atoms with Crippen LogP contribution in [0.25, 0.3) is 33.5 Å². The van der Waals surface area contributed by atoms with E-state index in [4.69, 9.17) is 20.2 Å². The fourth-order valence-corrected chi connectivity index (χ4v) is 7.15. The van der Waals surface area contributed by atoms with Gasteiger partial charge in [-0.05, 0) is 81.7 Å². The average Bonchev–Trinajstić information content (AvgIpc) is 3.77. The molecule has 1 unspecified atom stereocenters. The van der Waals surface area contributed by atoms with E-state index in [9.17, 15) is 4.79 Å². The fraction of sp³-hybridized carbons (Fsp3) is 0.514. The Bertz CT molecular complexity index is 1710. The van der Waals surface area contributed by atoms with Gasteiger partial charge >= 0.3 is 0 Å². The number of aryl methyl sites for hydroxylation is 1. The van der Waals surface area contributed by atoms with Crippen LogP contribution in [0.4, 0.5) is 0 Å². The van der Waals surface area contributed by atoms with Gasteiger partial charge in [-0.25, -0.2) is 4.98 Å². The minimum absolute atomic E-state index is 0.0311. The number of benzene rings is 2. The molecule has 2 aromatic heterocycles. The number of ether oxygens (including phenoxy) is 2. The normalized spacial score (nSPS) is 16.3. The number of unbranched alkanes of at least 4 members (excludes halogenated alkanes) is 3. The maximum atomic E-state index is 13.1. The van der Waals surface area contributed by atoms with Gasteiger partial charge < -0.3 is 34.6 Å². The summed E-state index contributed by atoms with van der Waals surface area (Å²) >= 11 is 0. The number of para-hydroxylation sites is 1. The first-order valence-corrected chi connectivity index (χ1v) is 17.0. The zero-order chi connectivity index (χ0) is 32.4. The summed E-state index contributed by atoms with van der Waals surface area (Å²) in [6.07, 6.45) is 8.65. The number of carbonyl (C=O) groups is 1. The van der Waals surface area contributed by atoms with Crippen LogP contribution in [0, 0.1) is 0 Å². The SMILES string of the molecule is C=C(C(C)OC)N1CCC(c2cccc3cc(-c4nc5cc(C(=O)NCCCCCCN)cc(OC)c5n4C)n(C4CC4)c23)CC1. The highest BCUT2D eigenvalue weighted by Crippen LogP contribution is 2.46. The van der Waals surface area contributed by atoms with E-state index in [0.29, 0.717) is 36.4 Å². The summed E-state index contributed by atoms with van der Waals surface area (Å²) in [4.78, 5) is 20.7. The Balaban J connectivity index is 1.32. The number of aromatic nitrogens is 3. The van der Waals surface area contributed by atoms with Crippen molar-refractivity contribution in [3.63, 3.8) is 0 Å². The molecule has 4 aromatic rings. The summed E-state index contributed by atoms with van der Waals surface area (Å²) in [7, 11) is 5.45. The van der Waals surface area contributed by atoms with Gasteiger partial charge in [0, 0.05) is 56.5 Å². The first kappa shape index (κ1) is 32.1. The molecule has 1 amide bonds. The predicted molar refractivity (Wildman–Crippen MR) is 185 cm³/mol. The molecule has 0 radical (unpaired) electrons. The average molecular weight is 627 g/mol. The predicted octanol–water partition coefficient (Wildman–Crippen LogP) is 6.52. The van der Waals surface area contributed by atoms with Crippen LogP contribution in [-0.4, -0.2) is 71.4 Å². The summed E-state index contributed by atoms with van der Waals surface area (Å²) in [5, 5.41) is 4.33. The molecule has 46 heavy (non-hydrogen) atoms. The molecule has 1 saturated carbocycles. The molecule has 3 N–H and O–H groups in total. The highest BCUT2D eigenvalue weighted by atomic mass is 16.5. The van der Waals surface area contributed by atoms with E-state index in [2.05, 4.69) is 57.1 Å². The zero-order valence-electron chi connectivity index (χ0n) is 28.0. The molecule has 2 aromatic carbocycles. The highest BCUT2D eigenvalue weighted by Gasteiger charge is 2.33. The lowest BCUT2D eigenvalue weighted by Crippen LogP contribution is -2.36. The van der Waals surface area contributed by atoms with Crippen molar-refractivity contribution >= 4 is 27.8 Å². The lowest BCUT2D eigenvalue weighted by atomic mass is 9.88. The topological polar surface area (TPSA) is 99.6 Å². The van der Waals surface area contributed by atoms with E-state index in [1.165, 1.54) is 29.3 Å². The van der Waals surface area contributed by atoms with Crippen LogP contribution in [-0.2, 0) is 11.8 Å². The zero-order valence-corrected chi connectivity index (χ0v) is 28.0. The van der Waals surface area contributed by atoms with Gasteiger partial charge in [0.2, 0.25) is 0 Å². The quantitative estimate of drug-likeness (QED) is 0.155. The Morgan fingerprint density at radius 1 is 1.07 bits per heavy atom. The maximum absolute atomic E-state index is 13.1. The summed E-state index contributed by atoms with van der Waals surface area (Å²) in [6.45, 7) is 9.70. The fourth-order valence-electron chi connectivity index (χ4n) is 7.15. The van der Waals surface area contributed by atoms with E-state index in [1.54, 1.807) is 14.2 Å². The lowest BCUT2D eigenvalue weighted by Gasteiger charge is -2.36. The van der Waals surface area contributed by atoms with Crippen molar-refractivity contribution < 1.29 is 14.3 Å². The number of carbonyl (C=O) groups excluding carboxylic acids is 1. The van der Waals surface area contributed by atoms with Crippen LogP contribution < -0.4 is 15.8 Å². The molecule has 2 fully saturated rings. The molecule has 0 bridgehead atoms. The van der Waals surface area contributed by atoms with E-state index >= 15 is 0 Å². The molecule has 1 aliphatic carbocycles. The van der Waals surface area contributed by atoms with Gasteiger partial charge in [0.15, 0.2) is 5.82 Å². The minimum Gasteiger partial charge on any atom is -0.494 e. The third-order valence-corrected chi connectivity index (χ3v) is 10.0. The van der Waals surface area contributed by atoms with Crippen molar-refractivity contribution in [2.75, 3.05) is 40.4 Å². The maximum Gasteiger partial charge on any atom is 0.251 e. The molecule has 1 aliphatic heterocycles. The van der Waals surface area contributed by atoms with Crippen LogP contribution in [0.2, 0.25) is 0 Å². The molecular weight excluding hydrogens is 576 g/mol. The molecule has 6 rings (SSSR count). The molecule has 9 nitrogen and oxygen atoms in total. The number of nitrogens with one attached hydrogen (secondary N) is 1. The van der Waals surface area contributed by atoms with Crippen LogP contribution in [0.3, 0.4) is 0 Å². The van der Waals surface area contributed by atoms with Gasteiger partial charge in [-0.2, -0.15) is 0 Å². The van der Waals surface area contributed by atoms with E-state index in [-0.39, 0.29) is 12.0 Å². The number of likely N-dealkylation sites (tertiary alicyclic amines) is 1. The van der Waals surface area contributed by atoms with Crippen LogP contribution in [0.15, 0.2) is 48.7 Å². The van der Waals surface area contributed by atoms with Gasteiger partial charge in [0.1, 0.15) is 11.3 Å². The summed E-state index contributed by atoms with van der Waals surface area (Å²) in [6, 6.07) is 13.3. The van der Waals surface area contributed by atoms with E-state index in [1.807, 2.05) is 19.2 Å². The number of piperidine rings is 1. The number of hydrogen-bond acceptors (Lipinski definition) is 6. The highest BCUT2D eigenvalue weighted by molar-refractivity contribution is 6.00. The third kappa shape index (κ3) is 6.27. The Labute approximate surface area is 272 Å². The number of fused-ring (bicyclic) bond motifs is 2. The number of imidazole rings is 1. The van der Waals surface area contributed by atoms with Crippen LogP contribution in [0.1, 0.15) is 86.2 Å². The third-order valence-electron chi connectivity index (χ3n) is 10.0. The number of methoxy groups -OCH3 is 2. The number of nitrogens with two attached hydrogens (primary N) is 1. The summed E-state index contributed by atoms with van der Waals surface area (Å²) in [5.74, 6) is 1.92. The number of nitrogens with zero attached hydrogens (tertiary/aromatic N) is 4. The van der Waals surface area contributed by atoms with Crippen molar-refractivity contribution in [3.8, 4) is 17.3 Å². The van der Waals surface area contributed by atoms with Crippen LogP contribution in [0.5, 0.6) is 5.75 Å². The van der Waals surface area contributed by atoms with Crippen molar-refractivity contribution in [2.45, 2.75) is 76.4 Å². The molecule has 0 spiro atoms. The lowest BCUT2D eigenvalue weighted by molar-refractivity contribution is 0.0952. The molecule has 1 saturated heterocycles. The smallest absolute Gasteiger partial charge is 0.251 e. The van der Waals surface area contributed by atoms with Crippen molar-refractivity contribution in [3.05, 3.63) is 59.8 Å². The Morgan fingerprint density at radius 3 is 2.52 bits per heavy atom. The second-order valence-electron chi connectivity index (χ2n) is 13.0. The Hall–Kier alpha value is -3.82. The molecular formula is C37H50N6O3. The minimum atomic E-state index is -0.103. The van der Waals surface area contributed by atoms with Gasteiger partial charge in [0.25, 0.3) is 5.91 Å².